The average Bonchev–Trinajstić information content (AvgIpc) is 2.50. The number of hydrogen-bond acceptors (Lipinski definition) is 2. The van der Waals surface area contributed by atoms with E-state index in [2.05, 4.69) is 21.2 Å². The largest absolute Gasteiger partial charge is 0.348 e. The summed E-state index contributed by atoms with van der Waals surface area (Å²) in [6.07, 6.45) is 1.99. The van der Waals surface area contributed by atoms with Gasteiger partial charge in [0.15, 0.2) is 0 Å². The topological polar surface area (TPSA) is 29.1 Å². The van der Waals surface area contributed by atoms with Gasteiger partial charge in [-0.1, -0.05) is 11.6 Å². The summed E-state index contributed by atoms with van der Waals surface area (Å²) >= 11 is 4.76. The van der Waals surface area contributed by atoms with Crippen LogP contribution in [0.1, 0.15) is 23.5 Å². The Morgan fingerprint density at radius 2 is 2.36 bits per heavy atom. The first-order chi connectivity index (χ1) is 6.61. The van der Waals surface area contributed by atoms with Crippen LogP contribution in [0.15, 0.2) is 27.6 Å². The fraction of sp³-hybridized carbons (Fsp3) is 0.300. The van der Waals surface area contributed by atoms with Gasteiger partial charge in [0.1, 0.15) is 4.88 Å². The van der Waals surface area contributed by atoms with Crippen LogP contribution in [-0.2, 0) is 0 Å². The number of allylic oxidation sites excluding steroid dienone is 1. The Labute approximate surface area is 96.2 Å². The van der Waals surface area contributed by atoms with Crippen molar-refractivity contribution in [2.24, 2.45) is 0 Å². The molecule has 1 amide bonds. The molecular formula is C10H12BrNOS. The molecule has 1 heterocycles. The predicted molar refractivity (Wildman–Crippen MR) is 63.8 cm³/mol. The van der Waals surface area contributed by atoms with Crippen LogP contribution in [0.5, 0.6) is 0 Å². The van der Waals surface area contributed by atoms with Gasteiger partial charge in [-0.2, -0.15) is 0 Å². The van der Waals surface area contributed by atoms with E-state index in [0.29, 0.717) is 6.54 Å². The molecule has 0 fully saturated rings. The molecule has 14 heavy (non-hydrogen) atoms. The molecule has 0 saturated carbocycles. The van der Waals surface area contributed by atoms with Gasteiger partial charge in [0.2, 0.25) is 0 Å². The SMILES string of the molecule is CC(C)=CCNC(=O)c1sccc1Br. The van der Waals surface area contributed by atoms with Crippen LogP contribution in [0.25, 0.3) is 0 Å². The molecule has 4 heteroatoms. The Morgan fingerprint density at radius 1 is 1.64 bits per heavy atom. The Morgan fingerprint density at radius 3 is 2.86 bits per heavy atom. The van der Waals surface area contributed by atoms with Crippen molar-refractivity contribution in [2.75, 3.05) is 6.54 Å². The van der Waals surface area contributed by atoms with Crippen LogP contribution in [0.3, 0.4) is 0 Å². The molecule has 1 N–H and O–H groups in total. The van der Waals surface area contributed by atoms with E-state index in [9.17, 15) is 4.79 Å². The number of nitrogens with one attached hydrogen (secondary N) is 1. The molecule has 0 aliphatic heterocycles. The van der Waals surface area contributed by atoms with E-state index < -0.39 is 0 Å². The molecule has 0 aliphatic carbocycles. The van der Waals surface area contributed by atoms with Gasteiger partial charge in [0.05, 0.1) is 0 Å². The summed E-state index contributed by atoms with van der Waals surface area (Å²) in [5.74, 6) is -0.0237. The van der Waals surface area contributed by atoms with Crippen LogP contribution >= 0.6 is 27.3 Å². The lowest BCUT2D eigenvalue weighted by Crippen LogP contribution is -2.22. The maximum absolute atomic E-state index is 11.5. The molecule has 0 saturated heterocycles. The fourth-order valence-corrected chi connectivity index (χ4v) is 2.35. The van der Waals surface area contributed by atoms with Crippen molar-refractivity contribution in [3.63, 3.8) is 0 Å². The molecular weight excluding hydrogens is 262 g/mol. The van der Waals surface area contributed by atoms with Crippen LogP contribution in [0, 0.1) is 0 Å². The number of amides is 1. The molecule has 0 spiro atoms. The molecule has 2 nitrogen and oxygen atoms in total. The van der Waals surface area contributed by atoms with Crippen molar-refractivity contribution in [3.8, 4) is 0 Å². The van der Waals surface area contributed by atoms with E-state index in [1.807, 2.05) is 31.4 Å². The normalized spacial score (nSPS) is 9.64. The third-order valence-electron chi connectivity index (χ3n) is 1.60. The number of carbonyl (C=O) groups is 1. The molecule has 0 aliphatic rings. The highest BCUT2D eigenvalue weighted by molar-refractivity contribution is 9.10. The Hall–Kier alpha value is -0.610. The monoisotopic (exact) mass is 273 g/mol. The van der Waals surface area contributed by atoms with Crippen LogP contribution in [-0.4, -0.2) is 12.5 Å². The van der Waals surface area contributed by atoms with E-state index >= 15 is 0 Å². The highest BCUT2D eigenvalue weighted by Crippen LogP contribution is 2.22. The highest BCUT2D eigenvalue weighted by atomic mass is 79.9. The third-order valence-corrected chi connectivity index (χ3v) is 3.43. The van der Waals surface area contributed by atoms with E-state index in [-0.39, 0.29) is 5.91 Å². The van der Waals surface area contributed by atoms with Crippen molar-refractivity contribution >= 4 is 33.2 Å². The lowest BCUT2D eigenvalue weighted by molar-refractivity contribution is 0.0961. The summed E-state index contributed by atoms with van der Waals surface area (Å²) in [5.41, 5.74) is 1.20. The van der Waals surface area contributed by atoms with Gasteiger partial charge in [-0.15, -0.1) is 11.3 Å². The minimum Gasteiger partial charge on any atom is -0.348 e. The van der Waals surface area contributed by atoms with E-state index in [1.165, 1.54) is 16.9 Å². The van der Waals surface area contributed by atoms with Crippen molar-refractivity contribution in [1.29, 1.82) is 0 Å². The predicted octanol–water partition coefficient (Wildman–Crippen LogP) is 3.21. The summed E-state index contributed by atoms with van der Waals surface area (Å²) < 4.78 is 0.859. The van der Waals surface area contributed by atoms with Gasteiger partial charge < -0.3 is 5.32 Å². The standard InChI is InChI=1S/C10H12BrNOS/c1-7(2)3-5-12-10(13)9-8(11)4-6-14-9/h3-4,6H,5H2,1-2H3,(H,12,13). The zero-order valence-corrected chi connectivity index (χ0v) is 10.5. The Bertz CT molecular complexity index is 353. The van der Waals surface area contributed by atoms with Gasteiger partial charge in [-0.3, -0.25) is 4.79 Å². The number of hydrogen-bond donors (Lipinski definition) is 1. The van der Waals surface area contributed by atoms with Crippen LogP contribution in [0.2, 0.25) is 0 Å². The van der Waals surface area contributed by atoms with Crippen LogP contribution in [0.4, 0.5) is 0 Å². The Balaban J connectivity index is 2.52. The number of rotatable bonds is 3. The zero-order valence-electron chi connectivity index (χ0n) is 8.13. The van der Waals surface area contributed by atoms with Gasteiger partial charge in [-0.05, 0) is 41.2 Å². The molecule has 0 bridgehead atoms. The van der Waals surface area contributed by atoms with Crippen molar-refractivity contribution in [1.82, 2.24) is 5.32 Å². The minimum atomic E-state index is -0.0237. The first-order valence-corrected chi connectivity index (χ1v) is 5.93. The first kappa shape index (κ1) is 11.5. The van der Waals surface area contributed by atoms with Crippen molar-refractivity contribution in [2.45, 2.75) is 13.8 Å². The summed E-state index contributed by atoms with van der Waals surface area (Å²) in [7, 11) is 0. The summed E-state index contributed by atoms with van der Waals surface area (Å²) in [6.45, 7) is 4.60. The van der Waals surface area contributed by atoms with E-state index in [4.69, 9.17) is 0 Å². The molecule has 0 radical (unpaired) electrons. The van der Waals surface area contributed by atoms with E-state index in [0.717, 1.165) is 9.35 Å². The fourth-order valence-electron chi connectivity index (χ4n) is 0.884. The van der Waals surface area contributed by atoms with Gasteiger partial charge in [0.25, 0.3) is 5.91 Å². The number of thiophene rings is 1. The minimum absolute atomic E-state index is 0.0237. The van der Waals surface area contributed by atoms with Crippen molar-refractivity contribution in [3.05, 3.63) is 32.4 Å². The highest BCUT2D eigenvalue weighted by Gasteiger charge is 2.09. The summed E-state index contributed by atoms with van der Waals surface area (Å²) in [6, 6.07) is 1.88. The molecule has 1 aromatic rings. The molecule has 0 unspecified atom stereocenters. The molecule has 1 rings (SSSR count). The van der Waals surface area contributed by atoms with Gasteiger partial charge >= 0.3 is 0 Å². The first-order valence-electron chi connectivity index (χ1n) is 4.26. The number of carbonyl (C=O) groups excluding carboxylic acids is 1. The van der Waals surface area contributed by atoms with E-state index in [1.54, 1.807) is 0 Å². The molecule has 0 atom stereocenters. The van der Waals surface area contributed by atoms with Crippen LogP contribution < -0.4 is 5.32 Å². The zero-order chi connectivity index (χ0) is 10.6. The third kappa shape index (κ3) is 3.27. The second-order valence-electron chi connectivity index (χ2n) is 3.09. The second kappa shape index (κ2) is 5.32. The smallest absolute Gasteiger partial charge is 0.262 e. The maximum atomic E-state index is 11.5. The summed E-state index contributed by atoms with van der Waals surface area (Å²) in [5, 5.41) is 4.71. The lowest BCUT2D eigenvalue weighted by atomic mass is 10.3. The number of halogens is 1. The second-order valence-corrected chi connectivity index (χ2v) is 4.86. The average molecular weight is 274 g/mol. The molecule has 76 valence electrons. The summed E-state index contributed by atoms with van der Waals surface area (Å²) in [4.78, 5) is 12.3. The Kier molecular flexibility index (Phi) is 4.35. The quantitative estimate of drug-likeness (QED) is 0.842. The van der Waals surface area contributed by atoms with Gasteiger partial charge in [0, 0.05) is 11.0 Å². The van der Waals surface area contributed by atoms with Crippen molar-refractivity contribution < 1.29 is 4.79 Å². The maximum Gasteiger partial charge on any atom is 0.262 e. The van der Waals surface area contributed by atoms with Gasteiger partial charge in [-0.25, -0.2) is 0 Å². The lowest BCUT2D eigenvalue weighted by Gasteiger charge is -2.00. The molecule has 1 aromatic heterocycles. The molecule has 0 aromatic carbocycles.